The van der Waals surface area contributed by atoms with Crippen molar-refractivity contribution in [3.05, 3.63) is 35.6 Å². The molecule has 0 saturated heterocycles. The summed E-state index contributed by atoms with van der Waals surface area (Å²) in [6, 6.07) is 7.86. The van der Waals surface area contributed by atoms with Crippen LogP contribution >= 0.6 is 0 Å². The van der Waals surface area contributed by atoms with Crippen LogP contribution in [0.2, 0.25) is 0 Å². The van der Waals surface area contributed by atoms with Crippen LogP contribution in [0.3, 0.4) is 0 Å². The fourth-order valence-electron chi connectivity index (χ4n) is 2.20. The fraction of sp³-hybridized carbons (Fsp3) is 0.600. The van der Waals surface area contributed by atoms with Gasteiger partial charge in [-0.15, -0.1) is 0 Å². The monoisotopic (exact) mass is 252 g/mol. The summed E-state index contributed by atoms with van der Waals surface area (Å²) in [4.78, 5) is 2.44. The zero-order chi connectivity index (χ0) is 13.5. The van der Waals surface area contributed by atoms with Crippen LogP contribution in [-0.4, -0.2) is 30.1 Å². The maximum absolute atomic E-state index is 13.0. The van der Waals surface area contributed by atoms with E-state index in [0.717, 1.165) is 25.2 Å². The minimum absolute atomic E-state index is 0.166. The molecule has 0 aliphatic heterocycles. The zero-order valence-electron chi connectivity index (χ0n) is 11.9. The standard InChI is InChI=1S/C15H25FN2/c1-12(2)18(13(3)4)9-8-17-11-14-6-5-7-15(16)10-14/h5-7,10,12-13,17H,8-9,11H2,1-4H3. The summed E-state index contributed by atoms with van der Waals surface area (Å²) in [6.45, 7) is 11.5. The number of hydrogen-bond donors (Lipinski definition) is 1. The van der Waals surface area contributed by atoms with Crippen LogP contribution in [0.1, 0.15) is 33.3 Å². The van der Waals surface area contributed by atoms with E-state index in [-0.39, 0.29) is 5.82 Å². The Morgan fingerprint density at radius 2 is 1.83 bits per heavy atom. The molecule has 0 spiro atoms. The van der Waals surface area contributed by atoms with Crippen molar-refractivity contribution in [2.24, 2.45) is 0 Å². The van der Waals surface area contributed by atoms with Crippen molar-refractivity contribution in [3.8, 4) is 0 Å². The molecule has 18 heavy (non-hydrogen) atoms. The van der Waals surface area contributed by atoms with E-state index < -0.39 is 0 Å². The molecular formula is C15H25FN2. The average Bonchev–Trinajstić information content (AvgIpc) is 2.27. The molecule has 0 atom stereocenters. The summed E-state index contributed by atoms with van der Waals surface area (Å²) < 4.78 is 13.0. The molecule has 0 aromatic heterocycles. The van der Waals surface area contributed by atoms with Gasteiger partial charge in [-0.3, -0.25) is 4.90 Å². The molecule has 0 amide bonds. The minimum atomic E-state index is -0.166. The first-order chi connectivity index (χ1) is 8.50. The molecule has 0 aliphatic carbocycles. The van der Waals surface area contributed by atoms with E-state index in [1.165, 1.54) is 6.07 Å². The highest BCUT2D eigenvalue weighted by Gasteiger charge is 2.11. The number of nitrogens with one attached hydrogen (secondary N) is 1. The molecule has 1 rings (SSSR count). The third-order valence-electron chi connectivity index (χ3n) is 3.09. The summed E-state index contributed by atoms with van der Waals surface area (Å²) in [5, 5.41) is 3.36. The van der Waals surface area contributed by atoms with Gasteiger partial charge in [0.1, 0.15) is 5.82 Å². The van der Waals surface area contributed by atoms with Gasteiger partial charge in [0.2, 0.25) is 0 Å². The predicted octanol–water partition coefficient (Wildman–Crippen LogP) is 3.03. The van der Waals surface area contributed by atoms with Gasteiger partial charge in [0, 0.05) is 31.7 Å². The second kappa shape index (κ2) is 7.49. The lowest BCUT2D eigenvalue weighted by atomic mass is 10.2. The van der Waals surface area contributed by atoms with Gasteiger partial charge in [0.15, 0.2) is 0 Å². The van der Waals surface area contributed by atoms with Gasteiger partial charge in [-0.1, -0.05) is 12.1 Å². The van der Waals surface area contributed by atoms with E-state index in [0.29, 0.717) is 12.1 Å². The molecule has 0 radical (unpaired) electrons. The largest absolute Gasteiger partial charge is 0.311 e. The molecule has 0 fully saturated rings. The molecule has 0 saturated carbocycles. The zero-order valence-corrected chi connectivity index (χ0v) is 11.9. The van der Waals surface area contributed by atoms with Crippen LogP contribution in [0.4, 0.5) is 4.39 Å². The van der Waals surface area contributed by atoms with Crippen LogP contribution in [0.25, 0.3) is 0 Å². The van der Waals surface area contributed by atoms with Crippen LogP contribution in [0, 0.1) is 5.82 Å². The molecule has 0 unspecified atom stereocenters. The Morgan fingerprint density at radius 1 is 1.17 bits per heavy atom. The van der Waals surface area contributed by atoms with Crippen molar-refractivity contribution in [1.82, 2.24) is 10.2 Å². The summed E-state index contributed by atoms with van der Waals surface area (Å²) in [5.41, 5.74) is 0.996. The normalized spacial score (nSPS) is 11.8. The van der Waals surface area contributed by atoms with Crippen molar-refractivity contribution in [3.63, 3.8) is 0 Å². The van der Waals surface area contributed by atoms with Crippen molar-refractivity contribution < 1.29 is 4.39 Å². The van der Waals surface area contributed by atoms with Crippen molar-refractivity contribution in [2.75, 3.05) is 13.1 Å². The maximum Gasteiger partial charge on any atom is 0.123 e. The Balaban J connectivity index is 2.30. The molecule has 0 bridgehead atoms. The molecule has 2 nitrogen and oxygen atoms in total. The molecular weight excluding hydrogens is 227 g/mol. The summed E-state index contributed by atoms with van der Waals surface area (Å²) in [7, 11) is 0. The summed E-state index contributed by atoms with van der Waals surface area (Å²) in [6.07, 6.45) is 0. The van der Waals surface area contributed by atoms with Gasteiger partial charge < -0.3 is 5.32 Å². The van der Waals surface area contributed by atoms with Crippen molar-refractivity contribution in [1.29, 1.82) is 0 Å². The van der Waals surface area contributed by atoms with E-state index in [1.807, 2.05) is 6.07 Å². The quantitative estimate of drug-likeness (QED) is 0.750. The number of halogens is 1. The van der Waals surface area contributed by atoms with Gasteiger partial charge in [-0.05, 0) is 45.4 Å². The van der Waals surface area contributed by atoms with Gasteiger partial charge in [0.25, 0.3) is 0 Å². The lowest BCUT2D eigenvalue weighted by Crippen LogP contribution is -2.41. The van der Waals surface area contributed by atoms with E-state index in [1.54, 1.807) is 12.1 Å². The highest BCUT2D eigenvalue weighted by Crippen LogP contribution is 2.04. The first-order valence-corrected chi connectivity index (χ1v) is 6.71. The minimum Gasteiger partial charge on any atom is -0.311 e. The summed E-state index contributed by atoms with van der Waals surface area (Å²) in [5.74, 6) is -0.166. The van der Waals surface area contributed by atoms with Gasteiger partial charge in [-0.25, -0.2) is 4.39 Å². The molecule has 0 heterocycles. The number of rotatable bonds is 7. The maximum atomic E-state index is 13.0. The molecule has 3 heteroatoms. The van der Waals surface area contributed by atoms with E-state index in [9.17, 15) is 4.39 Å². The SMILES string of the molecule is CC(C)N(CCNCc1cccc(F)c1)C(C)C. The average molecular weight is 252 g/mol. The van der Waals surface area contributed by atoms with Crippen LogP contribution in [0.15, 0.2) is 24.3 Å². The van der Waals surface area contributed by atoms with Crippen LogP contribution < -0.4 is 5.32 Å². The van der Waals surface area contributed by atoms with Crippen LogP contribution in [0.5, 0.6) is 0 Å². The van der Waals surface area contributed by atoms with Gasteiger partial charge >= 0.3 is 0 Å². The first kappa shape index (κ1) is 15.1. The Morgan fingerprint density at radius 3 is 2.39 bits per heavy atom. The number of hydrogen-bond acceptors (Lipinski definition) is 2. The number of benzene rings is 1. The van der Waals surface area contributed by atoms with Crippen molar-refractivity contribution >= 4 is 0 Å². The van der Waals surface area contributed by atoms with Gasteiger partial charge in [-0.2, -0.15) is 0 Å². The van der Waals surface area contributed by atoms with E-state index in [4.69, 9.17) is 0 Å². The fourth-order valence-corrected chi connectivity index (χ4v) is 2.20. The molecule has 0 aliphatic rings. The Hall–Kier alpha value is -0.930. The van der Waals surface area contributed by atoms with E-state index in [2.05, 4.69) is 37.9 Å². The Labute approximate surface area is 110 Å². The predicted molar refractivity (Wildman–Crippen MR) is 75.1 cm³/mol. The lowest BCUT2D eigenvalue weighted by Gasteiger charge is -2.30. The first-order valence-electron chi connectivity index (χ1n) is 6.71. The second-order valence-electron chi connectivity index (χ2n) is 5.23. The Kier molecular flexibility index (Phi) is 6.30. The van der Waals surface area contributed by atoms with E-state index >= 15 is 0 Å². The summed E-state index contributed by atoms with van der Waals surface area (Å²) >= 11 is 0. The topological polar surface area (TPSA) is 15.3 Å². The number of nitrogens with zero attached hydrogens (tertiary/aromatic N) is 1. The highest BCUT2D eigenvalue weighted by atomic mass is 19.1. The molecule has 1 aromatic rings. The molecule has 102 valence electrons. The Bertz CT molecular complexity index is 342. The molecule has 1 N–H and O–H groups in total. The lowest BCUT2D eigenvalue weighted by molar-refractivity contribution is 0.176. The smallest absolute Gasteiger partial charge is 0.123 e. The van der Waals surface area contributed by atoms with Crippen molar-refractivity contribution in [2.45, 2.75) is 46.3 Å². The third kappa shape index (κ3) is 5.15. The highest BCUT2D eigenvalue weighted by molar-refractivity contribution is 5.15. The molecule has 1 aromatic carbocycles. The van der Waals surface area contributed by atoms with Crippen LogP contribution in [-0.2, 0) is 6.54 Å². The van der Waals surface area contributed by atoms with Gasteiger partial charge in [0.05, 0.1) is 0 Å². The second-order valence-corrected chi connectivity index (χ2v) is 5.23. The third-order valence-corrected chi connectivity index (χ3v) is 3.09.